The number of nitrogens with zero attached hydrogens (tertiary/aromatic N) is 1. The molecule has 0 bridgehead atoms. The van der Waals surface area contributed by atoms with Crippen molar-refractivity contribution in [2.75, 3.05) is 19.0 Å². The standard InChI is InChI=1S/C11H12N2O/c1-13(2)11-9(7-14)8-5-3-4-6-10(8)12-11/h3-7,12H,1-2H3. The number of fused-ring (bicyclic) bond motifs is 1. The second-order valence-electron chi connectivity index (χ2n) is 3.45. The first-order valence-corrected chi connectivity index (χ1v) is 4.47. The van der Waals surface area contributed by atoms with Crippen molar-refractivity contribution in [3.8, 4) is 0 Å². The van der Waals surface area contributed by atoms with Gasteiger partial charge in [-0.1, -0.05) is 18.2 Å². The maximum Gasteiger partial charge on any atom is 0.154 e. The molecule has 3 nitrogen and oxygen atoms in total. The summed E-state index contributed by atoms with van der Waals surface area (Å²) < 4.78 is 0. The third-order valence-electron chi connectivity index (χ3n) is 2.29. The molecule has 1 heterocycles. The van der Waals surface area contributed by atoms with Gasteiger partial charge in [0.15, 0.2) is 6.29 Å². The van der Waals surface area contributed by atoms with Crippen molar-refractivity contribution in [2.24, 2.45) is 0 Å². The molecule has 0 saturated carbocycles. The van der Waals surface area contributed by atoms with Gasteiger partial charge in [-0.3, -0.25) is 4.79 Å². The molecule has 0 unspecified atom stereocenters. The van der Waals surface area contributed by atoms with Crippen LogP contribution in [0, 0.1) is 0 Å². The first kappa shape index (κ1) is 8.81. The number of H-pyrrole nitrogens is 1. The molecule has 2 rings (SSSR count). The van der Waals surface area contributed by atoms with E-state index in [1.165, 1.54) is 0 Å². The second-order valence-corrected chi connectivity index (χ2v) is 3.45. The van der Waals surface area contributed by atoms with Crippen molar-refractivity contribution in [1.29, 1.82) is 0 Å². The lowest BCUT2D eigenvalue weighted by Gasteiger charge is -2.09. The van der Waals surface area contributed by atoms with E-state index in [0.717, 1.165) is 28.6 Å². The van der Waals surface area contributed by atoms with Crippen LogP contribution in [0.3, 0.4) is 0 Å². The number of carbonyl (C=O) groups is 1. The van der Waals surface area contributed by atoms with E-state index in [1.54, 1.807) is 0 Å². The van der Waals surface area contributed by atoms with Crippen LogP contribution in [0.4, 0.5) is 5.82 Å². The molecule has 0 saturated heterocycles. The minimum atomic E-state index is 0.727. The van der Waals surface area contributed by atoms with Crippen molar-refractivity contribution in [3.05, 3.63) is 29.8 Å². The van der Waals surface area contributed by atoms with Gasteiger partial charge in [0.25, 0.3) is 0 Å². The van der Waals surface area contributed by atoms with Crippen molar-refractivity contribution in [1.82, 2.24) is 4.98 Å². The summed E-state index contributed by atoms with van der Waals surface area (Å²) in [7, 11) is 3.83. The summed E-state index contributed by atoms with van der Waals surface area (Å²) in [5.41, 5.74) is 1.73. The summed E-state index contributed by atoms with van der Waals surface area (Å²) in [6, 6.07) is 7.80. The lowest BCUT2D eigenvalue weighted by Crippen LogP contribution is -2.10. The summed E-state index contributed by atoms with van der Waals surface area (Å²) in [5.74, 6) is 0.862. The van der Waals surface area contributed by atoms with E-state index in [9.17, 15) is 4.79 Å². The third kappa shape index (κ3) is 1.18. The number of benzene rings is 1. The molecule has 0 spiro atoms. The van der Waals surface area contributed by atoms with Gasteiger partial charge < -0.3 is 9.88 Å². The highest BCUT2D eigenvalue weighted by Gasteiger charge is 2.10. The minimum Gasteiger partial charge on any atom is -0.364 e. The monoisotopic (exact) mass is 188 g/mol. The third-order valence-corrected chi connectivity index (χ3v) is 2.29. The van der Waals surface area contributed by atoms with Crippen LogP contribution in [0.2, 0.25) is 0 Å². The van der Waals surface area contributed by atoms with Crippen LogP contribution in [-0.2, 0) is 0 Å². The molecule has 1 aromatic heterocycles. The van der Waals surface area contributed by atoms with Crippen LogP contribution in [0.25, 0.3) is 10.9 Å². The van der Waals surface area contributed by atoms with Gasteiger partial charge in [0.05, 0.1) is 5.56 Å². The fourth-order valence-corrected chi connectivity index (χ4v) is 1.62. The quantitative estimate of drug-likeness (QED) is 0.732. The van der Waals surface area contributed by atoms with E-state index in [4.69, 9.17) is 0 Å². The van der Waals surface area contributed by atoms with Crippen LogP contribution >= 0.6 is 0 Å². The van der Waals surface area contributed by atoms with Crippen LogP contribution < -0.4 is 4.90 Å². The molecule has 0 radical (unpaired) electrons. The molecule has 0 aliphatic rings. The molecule has 1 N–H and O–H groups in total. The van der Waals surface area contributed by atoms with Crippen molar-refractivity contribution in [3.63, 3.8) is 0 Å². The summed E-state index contributed by atoms with van der Waals surface area (Å²) in [5, 5.41) is 0.978. The molecule has 3 heteroatoms. The number of rotatable bonds is 2. The topological polar surface area (TPSA) is 36.1 Å². The van der Waals surface area contributed by atoms with Crippen molar-refractivity contribution < 1.29 is 4.79 Å². The highest BCUT2D eigenvalue weighted by molar-refractivity contribution is 6.03. The molecule has 0 fully saturated rings. The van der Waals surface area contributed by atoms with E-state index in [1.807, 2.05) is 43.3 Å². The number of para-hydroxylation sites is 1. The number of aromatic amines is 1. The Hall–Kier alpha value is -1.77. The van der Waals surface area contributed by atoms with Crippen molar-refractivity contribution >= 4 is 23.0 Å². The van der Waals surface area contributed by atoms with E-state index in [2.05, 4.69) is 4.98 Å². The molecule has 2 aromatic rings. The van der Waals surface area contributed by atoms with E-state index in [0.29, 0.717) is 0 Å². The van der Waals surface area contributed by atoms with E-state index in [-0.39, 0.29) is 0 Å². The lowest BCUT2D eigenvalue weighted by molar-refractivity contribution is 0.112. The number of hydrogen-bond donors (Lipinski definition) is 1. The minimum absolute atomic E-state index is 0.727. The largest absolute Gasteiger partial charge is 0.364 e. The van der Waals surface area contributed by atoms with Crippen molar-refractivity contribution in [2.45, 2.75) is 0 Å². The van der Waals surface area contributed by atoms with Gasteiger partial charge in [0.1, 0.15) is 5.82 Å². The number of anilines is 1. The Labute approximate surface area is 82.3 Å². The second kappa shape index (κ2) is 3.18. The first-order chi connectivity index (χ1) is 6.74. The molecular formula is C11H12N2O. The van der Waals surface area contributed by atoms with Gasteiger partial charge in [-0.05, 0) is 6.07 Å². The van der Waals surface area contributed by atoms with E-state index < -0.39 is 0 Å². The summed E-state index contributed by atoms with van der Waals surface area (Å²) in [6.07, 6.45) is 0.897. The fourth-order valence-electron chi connectivity index (χ4n) is 1.62. The molecule has 0 aliphatic heterocycles. The maximum absolute atomic E-state index is 11.0. The molecule has 0 amide bonds. The maximum atomic E-state index is 11.0. The van der Waals surface area contributed by atoms with Crippen LogP contribution in [0.5, 0.6) is 0 Å². The summed E-state index contributed by atoms with van der Waals surface area (Å²) in [4.78, 5) is 16.1. The molecule has 72 valence electrons. The molecule has 0 atom stereocenters. The highest BCUT2D eigenvalue weighted by atomic mass is 16.1. The van der Waals surface area contributed by atoms with Gasteiger partial charge in [-0.2, -0.15) is 0 Å². The van der Waals surface area contributed by atoms with E-state index >= 15 is 0 Å². The SMILES string of the molecule is CN(C)c1[nH]c2ccccc2c1C=O. The first-order valence-electron chi connectivity index (χ1n) is 4.47. The van der Waals surface area contributed by atoms with Crippen LogP contribution in [0.15, 0.2) is 24.3 Å². The Morgan fingerprint density at radius 2 is 2.00 bits per heavy atom. The molecule has 1 aromatic carbocycles. The number of aromatic nitrogens is 1. The average Bonchev–Trinajstić information content (AvgIpc) is 2.56. The van der Waals surface area contributed by atoms with Gasteiger partial charge >= 0.3 is 0 Å². The molecular weight excluding hydrogens is 176 g/mol. The fraction of sp³-hybridized carbons (Fsp3) is 0.182. The number of carbonyl (C=O) groups excluding carboxylic acids is 1. The molecule has 14 heavy (non-hydrogen) atoms. The van der Waals surface area contributed by atoms with Crippen LogP contribution in [0.1, 0.15) is 10.4 Å². The summed E-state index contributed by atoms with van der Waals surface area (Å²) in [6.45, 7) is 0. The Balaban J connectivity index is 2.78. The average molecular weight is 188 g/mol. The van der Waals surface area contributed by atoms with Gasteiger partial charge in [0, 0.05) is 25.0 Å². The Kier molecular flexibility index (Phi) is 2.00. The smallest absolute Gasteiger partial charge is 0.154 e. The molecule has 0 aliphatic carbocycles. The normalized spacial score (nSPS) is 10.4. The Morgan fingerprint density at radius 3 is 2.64 bits per heavy atom. The zero-order valence-corrected chi connectivity index (χ0v) is 8.24. The predicted octanol–water partition coefficient (Wildman–Crippen LogP) is 2.05. The Morgan fingerprint density at radius 1 is 1.29 bits per heavy atom. The zero-order valence-electron chi connectivity index (χ0n) is 8.24. The summed E-state index contributed by atoms with van der Waals surface area (Å²) >= 11 is 0. The predicted molar refractivity (Wildman–Crippen MR) is 58.0 cm³/mol. The number of aldehydes is 1. The van der Waals surface area contributed by atoms with Gasteiger partial charge in [-0.25, -0.2) is 0 Å². The lowest BCUT2D eigenvalue weighted by atomic mass is 10.2. The zero-order chi connectivity index (χ0) is 10.1. The highest BCUT2D eigenvalue weighted by Crippen LogP contribution is 2.25. The van der Waals surface area contributed by atoms with Crippen LogP contribution in [-0.4, -0.2) is 25.4 Å². The number of hydrogen-bond acceptors (Lipinski definition) is 2. The van der Waals surface area contributed by atoms with Gasteiger partial charge in [0.2, 0.25) is 0 Å². The van der Waals surface area contributed by atoms with Gasteiger partial charge in [-0.15, -0.1) is 0 Å². The Bertz CT molecular complexity index is 471. The number of nitrogens with one attached hydrogen (secondary N) is 1.